The first-order chi connectivity index (χ1) is 20.0. The van der Waals surface area contributed by atoms with Crippen molar-refractivity contribution in [3.63, 3.8) is 0 Å². The van der Waals surface area contributed by atoms with Crippen molar-refractivity contribution in [2.24, 2.45) is 5.92 Å². The summed E-state index contributed by atoms with van der Waals surface area (Å²) in [6, 6.07) is 30.7. The van der Waals surface area contributed by atoms with Crippen LogP contribution in [-0.2, 0) is 20.9 Å². The summed E-state index contributed by atoms with van der Waals surface area (Å²) in [5.41, 5.74) is 2.66. The molecule has 1 aliphatic heterocycles. The standard InChI is InChI=1S/C33H30FN3O4/c1-41-32(39)28-27(23-11-5-2-6-12-23)30(31(38)35-21-22-17-19-25(34)20-18-22)37(29(28)24-13-7-3-8-14-24)33(40)36-26-15-9-4-10-16-26/h2-20,27-30H,21H2,1H3,(H,35,38)(H,36,40). The number of rotatable bonds is 7. The Bertz CT molecular complexity index is 1480. The number of likely N-dealkylation sites (tertiary alicyclic amines) is 1. The lowest BCUT2D eigenvalue weighted by atomic mass is 9.80. The normalized spacial score (nSPS) is 19.8. The molecule has 41 heavy (non-hydrogen) atoms. The van der Waals surface area contributed by atoms with Crippen LogP contribution in [0, 0.1) is 11.7 Å². The Morgan fingerprint density at radius 1 is 0.780 bits per heavy atom. The Kier molecular flexibility index (Phi) is 8.39. The number of methoxy groups -OCH3 is 1. The van der Waals surface area contributed by atoms with Gasteiger partial charge in [0.15, 0.2) is 0 Å². The number of nitrogens with one attached hydrogen (secondary N) is 2. The van der Waals surface area contributed by atoms with Gasteiger partial charge < -0.3 is 20.3 Å². The Hall–Kier alpha value is -4.98. The minimum Gasteiger partial charge on any atom is -0.469 e. The Morgan fingerprint density at radius 3 is 1.93 bits per heavy atom. The van der Waals surface area contributed by atoms with Crippen LogP contribution in [0.1, 0.15) is 28.7 Å². The SMILES string of the molecule is COC(=O)C1C(c2ccccc2)C(C(=O)NCc2ccc(F)cc2)N(C(=O)Nc2ccccc2)C1c1ccccc1. The van der Waals surface area contributed by atoms with Gasteiger partial charge >= 0.3 is 12.0 Å². The smallest absolute Gasteiger partial charge is 0.323 e. The quantitative estimate of drug-likeness (QED) is 0.290. The van der Waals surface area contributed by atoms with E-state index in [2.05, 4.69) is 10.6 Å². The summed E-state index contributed by atoms with van der Waals surface area (Å²) in [6.07, 6.45) is 0. The number of urea groups is 1. The number of amides is 3. The number of halogens is 1. The van der Waals surface area contributed by atoms with E-state index in [-0.39, 0.29) is 12.4 Å². The molecule has 3 amide bonds. The first-order valence-corrected chi connectivity index (χ1v) is 13.3. The van der Waals surface area contributed by atoms with Gasteiger partial charge in [-0.1, -0.05) is 91.0 Å². The maximum absolute atomic E-state index is 14.1. The lowest BCUT2D eigenvalue weighted by Crippen LogP contribution is -2.49. The number of benzene rings is 4. The van der Waals surface area contributed by atoms with Crippen molar-refractivity contribution in [1.29, 1.82) is 0 Å². The molecule has 1 fully saturated rings. The molecule has 4 aromatic rings. The zero-order valence-corrected chi connectivity index (χ0v) is 22.4. The number of hydrogen-bond acceptors (Lipinski definition) is 4. The molecule has 1 aliphatic rings. The second-order valence-corrected chi connectivity index (χ2v) is 9.83. The zero-order chi connectivity index (χ0) is 28.8. The number of ether oxygens (including phenoxy) is 1. The maximum atomic E-state index is 14.1. The monoisotopic (exact) mass is 551 g/mol. The summed E-state index contributed by atoms with van der Waals surface area (Å²) < 4.78 is 18.8. The summed E-state index contributed by atoms with van der Waals surface area (Å²) in [7, 11) is 1.31. The van der Waals surface area contributed by atoms with E-state index >= 15 is 0 Å². The van der Waals surface area contributed by atoms with Gasteiger partial charge in [0.25, 0.3) is 0 Å². The molecule has 1 heterocycles. The molecular weight excluding hydrogens is 521 g/mol. The molecule has 208 valence electrons. The number of nitrogens with zero attached hydrogens (tertiary/aromatic N) is 1. The highest BCUT2D eigenvalue weighted by atomic mass is 19.1. The van der Waals surface area contributed by atoms with Gasteiger partial charge in [0.05, 0.1) is 19.1 Å². The molecular formula is C33H30FN3O4. The number of para-hydroxylation sites is 1. The molecule has 2 N–H and O–H groups in total. The van der Waals surface area contributed by atoms with Gasteiger partial charge in [-0.3, -0.25) is 9.59 Å². The Labute approximate surface area is 238 Å². The number of esters is 1. The van der Waals surface area contributed by atoms with Gasteiger partial charge in [-0.25, -0.2) is 9.18 Å². The van der Waals surface area contributed by atoms with E-state index in [9.17, 15) is 18.8 Å². The topological polar surface area (TPSA) is 87.7 Å². The molecule has 4 aromatic carbocycles. The summed E-state index contributed by atoms with van der Waals surface area (Å²) in [5, 5.41) is 5.83. The largest absolute Gasteiger partial charge is 0.469 e. The van der Waals surface area contributed by atoms with Gasteiger partial charge in [0.2, 0.25) is 5.91 Å². The molecule has 0 aromatic heterocycles. The summed E-state index contributed by atoms with van der Waals surface area (Å²) in [5.74, 6) is -2.95. The van der Waals surface area contributed by atoms with Crippen LogP contribution in [0.4, 0.5) is 14.9 Å². The molecule has 0 saturated carbocycles. The van der Waals surface area contributed by atoms with Gasteiger partial charge in [-0.05, 0) is 41.0 Å². The second kappa shape index (κ2) is 12.5. The molecule has 1 saturated heterocycles. The second-order valence-electron chi connectivity index (χ2n) is 9.83. The first-order valence-electron chi connectivity index (χ1n) is 13.3. The summed E-state index contributed by atoms with van der Waals surface area (Å²) >= 11 is 0. The lowest BCUT2D eigenvalue weighted by molar-refractivity contribution is -0.146. The molecule has 8 heteroatoms. The van der Waals surface area contributed by atoms with Crippen LogP contribution in [0.3, 0.4) is 0 Å². The van der Waals surface area contributed by atoms with E-state index in [1.54, 1.807) is 36.4 Å². The third kappa shape index (κ3) is 5.96. The van der Waals surface area contributed by atoms with E-state index in [0.717, 1.165) is 5.56 Å². The predicted molar refractivity (Wildman–Crippen MR) is 153 cm³/mol. The molecule has 4 unspecified atom stereocenters. The van der Waals surface area contributed by atoms with E-state index < -0.39 is 41.8 Å². The van der Waals surface area contributed by atoms with E-state index in [0.29, 0.717) is 16.8 Å². The zero-order valence-electron chi connectivity index (χ0n) is 22.4. The van der Waals surface area contributed by atoms with Crippen molar-refractivity contribution in [3.8, 4) is 0 Å². The van der Waals surface area contributed by atoms with Crippen molar-refractivity contribution in [3.05, 3.63) is 138 Å². The molecule has 5 rings (SSSR count). The van der Waals surface area contributed by atoms with E-state index in [1.807, 2.05) is 66.7 Å². The third-order valence-corrected chi connectivity index (χ3v) is 7.37. The van der Waals surface area contributed by atoms with Crippen molar-refractivity contribution in [2.45, 2.75) is 24.5 Å². The first kappa shape index (κ1) is 27.6. The van der Waals surface area contributed by atoms with Crippen LogP contribution in [0.5, 0.6) is 0 Å². The highest BCUT2D eigenvalue weighted by Gasteiger charge is 2.58. The fourth-order valence-corrected chi connectivity index (χ4v) is 5.55. The van der Waals surface area contributed by atoms with Crippen LogP contribution in [0.25, 0.3) is 0 Å². The highest BCUT2D eigenvalue weighted by Crippen LogP contribution is 2.50. The minimum absolute atomic E-state index is 0.115. The molecule has 0 aliphatic carbocycles. The van der Waals surface area contributed by atoms with Crippen molar-refractivity contribution >= 4 is 23.6 Å². The van der Waals surface area contributed by atoms with Gasteiger partial charge in [-0.2, -0.15) is 0 Å². The summed E-state index contributed by atoms with van der Waals surface area (Å²) in [6.45, 7) is 0.115. The molecule has 0 bridgehead atoms. The fourth-order valence-electron chi connectivity index (χ4n) is 5.55. The van der Waals surface area contributed by atoms with Crippen molar-refractivity contribution in [1.82, 2.24) is 10.2 Å². The number of carbonyl (C=O) groups excluding carboxylic acids is 3. The lowest BCUT2D eigenvalue weighted by Gasteiger charge is -2.31. The van der Waals surface area contributed by atoms with Crippen LogP contribution in [0.2, 0.25) is 0 Å². The average Bonchev–Trinajstić information content (AvgIpc) is 3.38. The van der Waals surface area contributed by atoms with Crippen molar-refractivity contribution in [2.75, 3.05) is 12.4 Å². The molecule has 0 spiro atoms. The molecule has 4 atom stereocenters. The van der Waals surface area contributed by atoms with Crippen LogP contribution >= 0.6 is 0 Å². The van der Waals surface area contributed by atoms with Crippen LogP contribution < -0.4 is 10.6 Å². The summed E-state index contributed by atoms with van der Waals surface area (Å²) in [4.78, 5) is 43.2. The maximum Gasteiger partial charge on any atom is 0.323 e. The number of hydrogen-bond donors (Lipinski definition) is 2. The highest BCUT2D eigenvalue weighted by molar-refractivity contribution is 5.97. The van der Waals surface area contributed by atoms with Gasteiger partial charge in [-0.15, -0.1) is 0 Å². The van der Waals surface area contributed by atoms with Crippen molar-refractivity contribution < 1.29 is 23.5 Å². The molecule has 0 radical (unpaired) electrons. The average molecular weight is 552 g/mol. The Balaban J connectivity index is 1.62. The van der Waals surface area contributed by atoms with Gasteiger partial charge in [0, 0.05) is 18.2 Å². The fraction of sp³-hybridized carbons (Fsp3) is 0.182. The van der Waals surface area contributed by atoms with Crippen LogP contribution in [-0.4, -0.2) is 36.0 Å². The molecule has 7 nitrogen and oxygen atoms in total. The number of anilines is 1. The number of carbonyl (C=O) groups is 3. The Morgan fingerprint density at radius 2 is 1.34 bits per heavy atom. The predicted octanol–water partition coefficient (Wildman–Crippen LogP) is 5.67. The van der Waals surface area contributed by atoms with Gasteiger partial charge in [0.1, 0.15) is 11.9 Å². The van der Waals surface area contributed by atoms with E-state index in [4.69, 9.17) is 4.74 Å². The van der Waals surface area contributed by atoms with E-state index in [1.165, 1.54) is 24.1 Å². The van der Waals surface area contributed by atoms with Crippen LogP contribution in [0.15, 0.2) is 115 Å². The third-order valence-electron chi connectivity index (χ3n) is 7.37. The minimum atomic E-state index is -1.07.